The Kier molecular flexibility index (Phi) is 7.09. The molecule has 2 aromatic rings. The number of hydrogen-bond acceptors (Lipinski definition) is 5. The van der Waals surface area contributed by atoms with E-state index in [4.69, 9.17) is 0 Å². The van der Waals surface area contributed by atoms with Gasteiger partial charge in [0, 0.05) is 30.4 Å². The largest absolute Gasteiger partial charge is 0.355 e. The van der Waals surface area contributed by atoms with E-state index in [1.54, 1.807) is 10.7 Å². The molecule has 1 aliphatic rings. The zero-order valence-electron chi connectivity index (χ0n) is 18.9. The van der Waals surface area contributed by atoms with Gasteiger partial charge in [0.25, 0.3) is 0 Å². The summed E-state index contributed by atoms with van der Waals surface area (Å²) in [6, 6.07) is 2.51. The van der Waals surface area contributed by atoms with Crippen molar-refractivity contribution in [2.45, 2.75) is 66.3 Å². The first-order valence-corrected chi connectivity index (χ1v) is 11.1. The second-order valence-corrected chi connectivity index (χ2v) is 9.00. The number of fused-ring (bicyclic) bond motifs is 1. The molecule has 0 radical (unpaired) electrons. The van der Waals surface area contributed by atoms with Crippen molar-refractivity contribution in [3.63, 3.8) is 0 Å². The van der Waals surface area contributed by atoms with E-state index >= 15 is 0 Å². The second-order valence-electron chi connectivity index (χ2n) is 9.00. The third-order valence-corrected chi connectivity index (χ3v) is 6.50. The van der Waals surface area contributed by atoms with Gasteiger partial charge < -0.3 is 5.32 Å². The minimum Gasteiger partial charge on any atom is -0.355 e. The molecule has 3 heterocycles. The Morgan fingerprint density at radius 1 is 1.33 bits per heavy atom. The van der Waals surface area contributed by atoms with Crippen LogP contribution in [0.3, 0.4) is 0 Å². The Balaban J connectivity index is 1.59. The van der Waals surface area contributed by atoms with Gasteiger partial charge in [-0.05, 0) is 63.6 Å². The Morgan fingerprint density at radius 3 is 2.67 bits per heavy atom. The van der Waals surface area contributed by atoms with Gasteiger partial charge in [-0.15, -0.1) is 0 Å². The van der Waals surface area contributed by atoms with Crippen LogP contribution in [0.15, 0.2) is 6.20 Å². The van der Waals surface area contributed by atoms with Crippen molar-refractivity contribution in [3.8, 4) is 6.07 Å². The van der Waals surface area contributed by atoms with E-state index in [1.807, 2.05) is 13.8 Å². The first kappa shape index (κ1) is 22.2. The number of carbonyl (C=O) groups excluding carboxylic acids is 1. The van der Waals surface area contributed by atoms with Crippen molar-refractivity contribution in [2.24, 2.45) is 11.8 Å². The van der Waals surface area contributed by atoms with E-state index in [-0.39, 0.29) is 5.91 Å². The molecule has 2 aromatic heterocycles. The standard InChI is InChI=1S/C23H34N6O/c1-15(2)21(28-10-8-16(3)9-11-28)14-25-22(30)7-6-20-17(4)27-23-19(12-24)13-26-29(23)18(20)5/h13,15-16,21H,6-11,14H2,1-5H3,(H,25,30). The van der Waals surface area contributed by atoms with E-state index in [1.165, 1.54) is 12.8 Å². The van der Waals surface area contributed by atoms with E-state index < -0.39 is 0 Å². The van der Waals surface area contributed by atoms with Gasteiger partial charge in [0.05, 0.1) is 6.20 Å². The number of aromatic nitrogens is 3. The lowest BCUT2D eigenvalue weighted by molar-refractivity contribution is -0.121. The molecule has 3 rings (SSSR count). The van der Waals surface area contributed by atoms with Crippen LogP contribution in [0.1, 0.15) is 62.5 Å². The number of nitriles is 1. The number of carbonyl (C=O) groups is 1. The van der Waals surface area contributed by atoms with Crippen LogP contribution >= 0.6 is 0 Å². The molecule has 0 spiro atoms. The minimum absolute atomic E-state index is 0.0723. The highest BCUT2D eigenvalue weighted by Crippen LogP contribution is 2.21. The van der Waals surface area contributed by atoms with Gasteiger partial charge in [-0.1, -0.05) is 20.8 Å². The molecule has 0 bridgehead atoms. The second kappa shape index (κ2) is 9.57. The molecule has 1 atom stereocenters. The highest BCUT2D eigenvalue weighted by Gasteiger charge is 2.26. The first-order chi connectivity index (χ1) is 14.3. The van der Waals surface area contributed by atoms with Gasteiger partial charge in [0.2, 0.25) is 5.91 Å². The molecule has 0 aliphatic carbocycles. The van der Waals surface area contributed by atoms with Gasteiger partial charge >= 0.3 is 0 Å². The number of nitrogens with zero attached hydrogens (tertiary/aromatic N) is 5. The number of likely N-dealkylation sites (tertiary alicyclic amines) is 1. The fourth-order valence-electron chi connectivity index (χ4n) is 4.44. The molecule has 0 saturated carbocycles. The van der Waals surface area contributed by atoms with Crippen molar-refractivity contribution < 1.29 is 4.79 Å². The molecular formula is C23H34N6O. The van der Waals surface area contributed by atoms with Crippen molar-refractivity contribution >= 4 is 11.6 Å². The number of rotatable bonds is 7. The summed E-state index contributed by atoms with van der Waals surface area (Å²) in [6.45, 7) is 13.6. The Hall–Kier alpha value is -2.46. The van der Waals surface area contributed by atoms with Crippen LogP contribution in [-0.2, 0) is 11.2 Å². The number of amides is 1. The fraction of sp³-hybridized carbons (Fsp3) is 0.652. The van der Waals surface area contributed by atoms with E-state index in [9.17, 15) is 10.1 Å². The Morgan fingerprint density at radius 2 is 2.03 bits per heavy atom. The number of aryl methyl sites for hydroxylation is 2. The summed E-state index contributed by atoms with van der Waals surface area (Å²) in [6.07, 6.45) is 5.06. The van der Waals surface area contributed by atoms with Crippen LogP contribution in [0.25, 0.3) is 5.65 Å². The van der Waals surface area contributed by atoms with E-state index in [0.29, 0.717) is 42.6 Å². The van der Waals surface area contributed by atoms with Crippen LogP contribution in [-0.4, -0.2) is 51.1 Å². The Labute approximate surface area is 179 Å². The lowest BCUT2D eigenvalue weighted by Gasteiger charge is -2.38. The van der Waals surface area contributed by atoms with Crippen LogP contribution < -0.4 is 5.32 Å². The van der Waals surface area contributed by atoms with Crippen molar-refractivity contribution in [1.82, 2.24) is 24.8 Å². The molecule has 7 heteroatoms. The van der Waals surface area contributed by atoms with Crippen molar-refractivity contribution in [1.29, 1.82) is 5.26 Å². The van der Waals surface area contributed by atoms with E-state index in [0.717, 1.165) is 36.0 Å². The van der Waals surface area contributed by atoms with Gasteiger partial charge in [-0.25, -0.2) is 9.50 Å². The quantitative estimate of drug-likeness (QED) is 0.758. The average molecular weight is 411 g/mol. The fourth-order valence-corrected chi connectivity index (χ4v) is 4.44. The molecule has 1 fully saturated rings. The zero-order chi connectivity index (χ0) is 21.8. The molecule has 30 heavy (non-hydrogen) atoms. The molecule has 1 amide bonds. The van der Waals surface area contributed by atoms with Gasteiger partial charge in [-0.2, -0.15) is 10.4 Å². The van der Waals surface area contributed by atoms with Gasteiger partial charge in [0.1, 0.15) is 11.6 Å². The number of piperidine rings is 1. The predicted molar refractivity (Wildman–Crippen MR) is 117 cm³/mol. The topological polar surface area (TPSA) is 86.3 Å². The van der Waals surface area contributed by atoms with Crippen LogP contribution in [0.5, 0.6) is 0 Å². The molecule has 0 aromatic carbocycles. The summed E-state index contributed by atoms with van der Waals surface area (Å²) < 4.78 is 1.70. The third-order valence-electron chi connectivity index (χ3n) is 6.50. The summed E-state index contributed by atoms with van der Waals surface area (Å²) >= 11 is 0. The maximum Gasteiger partial charge on any atom is 0.220 e. The summed E-state index contributed by atoms with van der Waals surface area (Å²) in [5.74, 6) is 1.38. The van der Waals surface area contributed by atoms with Crippen LogP contribution in [0.4, 0.5) is 0 Å². The smallest absolute Gasteiger partial charge is 0.220 e. The summed E-state index contributed by atoms with van der Waals surface area (Å²) in [4.78, 5) is 19.7. The van der Waals surface area contributed by atoms with Crippen molar-refractivity contribution in [3.05, 3.63) is 28.7 Å². The third kappa shape index (κ3) is 4.81. The minimum atomic E-state index is 0.0723. The summed E-state index contributed by atoms with van der Waals surface area (Å²) in [7, 11) is 0. The van der Waals surface area contributed by atoms with Crippen LogP contribution in [0.2, 0.25) is 0 Å². The molecular weight excluding hydrogens is 376 g/mol. The first-order valence-electron chi connectivity index (χ1n) is 11.1. The lowest BCUT2D eigenvalue weighted by Crippen LogP contribution is -2.49. The SMILES string of the molecule is Cc1nc2c(C#N)cnn2c(C)c1CCC(=O)NCC(C(C)C)N1CCC(C)CC1. The van der Waals surface area contributed by atoms with Gasteiger partial charge in [-0.3, -0.25) is 9.69 Å². The van der Waals surface area contributed by atoms with Gasteiger partial charge in [0.15, 0.2) is 5.65 Å². The van der Waals surface area contributed by atoms with Crippen LogP contribution in [0, 0.1) is 37.0 Å². The lowest BCUT2D eigenvalue weighted by atomic mass is 9.94. The Bertz CT molecular complexity index is 933. The highest BCUT2D eigenvalue weighted by molar-refractivity contribution is 5.76. The maximum absolute atomic E-state index is 12.6. The average Bonchev–Trinajstić information content (AvgIpc) is 3.12. The van der Waals surface area contributed by atoms with Crippen molar-refractivity contribution in [2.75, 3.05) is 19.6 Å². The molecule has 7 nitrogen and oxygen atoms in total. The molecule has 1 aliphatic heterocycles. The monoisotopic (exact) mass is 410 g/mol. The highest BCUT2D eigenvalue weighted by atomic mass is 16.1. The number of nitrogens with one attached hydrogen (secondary N) is 1. The summed E-state index contributed by atoms with van der Waals surface area (Å²) in [5, 5.41) is 16.6. The number of hydrogen-bond donors (Lipinski definition) is 1. The molecule has 1 N–H and O–H groups in total. The van der Waals surface area contributed by atoms with E-state index in [2.05, 4.69) is 47.1 Å². The zero-order valence-corrected chi connectivity index (χ0v) is 18.9. The predicted octanol–water partition coefficient (Wildman–Crippen LogP) is 3.02. The summed E-state index contributed by atoms with van der Waals surface area (Å²) in [5.41, 5.74) is 3.87. The maximum atomic E-state index is 12.6. The molecule has 1 unspecified atom stereocenters. The molecule has 1 saturated heterocycles. The molecule has 162 valence electrons. The normalized spacial score (nSPS) is 16.7.